The molecule has 51 heavy (non-hydrogen) atoms. The third kappa shape index (κ3) is 8.75. The highest BCUT2D eigenvalue weighted by Crippen LogP contribution is 2.40. The zero-order chi connectivity index (χ0) is 37.5. The molecule has 0 saturated heterocycles. The van der Waals surface area contributed by atoms with Crippen LogP contribution in [0.3, 0.4) is 0 Å². The Hall–Kier alpha value is -3.94. The Morgan fingerprint density at radius 2 is 1.80 bits per heavy atom. The molecule has 4 aromatic rings. The Labute approximate surface area is 307 Å². The number of ether oxygens (including phenoxy) is 2. The molecule has 1 unspecified atom stereocenters. The van der Waals surface area contributed by atoms with Gasteiger partial charge in [-0.2, -0.15) is 5.10 Å². The highest BCUT2D eigenvalue weighted by molar-refractivity contribution is 6.74. The monoisotopic (exact) mass is 737 g/mol. The summed E-state index contributed by atoms with van der Waals surface area (Å²) in [4.78, 5) is 24.8. The van der Waals surface area contributed by atoms with Crippen LogP contribution in [0.5, 0.6) is 5.75 Å². The molecule has 1 aliphatic heterocycles. The number of hydrogen-bond acceptors (Lipinski definition) is 10. The highest BCUT2D eigenvalue weighted by Gasteiger charge is 2.39. The molecule has 0 spiro atoms. The molecule has 3 aromatic heterocycles. The summed E-state index contributed by atoms with van der Waals surface area (Å²) in [5.74, 6) is 2.53. The molecule has 4 heterocycles. The molecule has 2 N–H and O–H groups in total. The van der Waals surface area contributed by atoms with Crippen molar-refractivity contribution in [1.29, 1.82) is 0 Å². The van der Waals surface area contributed by atoms with E-state index in [0.29, 0.717) is 54.0 Å². The molecule has 0 bridgehead atoms. The Balaban J connectivity index is 1.44. The van der Waals surface area contributed by atoms with Gasteiger partial charge in [-0.3, -0.25) is 5.10 Å². The molecule has 1 amide bonds. The predicted octanol–water partition coefficient (Wildman–Crippen LogP) is 8.61. The Morgan fingerprint density at radius 3 is 2.43 bits per heavy atom. The summed E-state index contributed by atoms with van der Waals surface area (Å²) in [5, 5.41) is 15.1. The summed E-state index contributed by atoms with van der Waals surface area (Å²) in [6.45, 7) is 26.3. The van der Waals surface area contributed by atoms with Crippen LogP contribution in [0.25, 0.3) is 22.6 Å². The van der Waals surface area contributed by atoms with Crippen molar-refractivity contribution in [1.82, 2.24) is 30.6 Å². The minimum Gasteiger partial charge on any atom is -0.491 e. The lowest BCUT2D eigenvalue weighted by atomic mass is 10.0. The van der Waals surface area contributed by atoms with Gasteiger partial charge in [-0.05, 0) is 91.2 Å². The molecule has 5 rings (SSSR count). The zero-order valence-corrected chi connectivity index (χ0v) is 33.8. The number of fused-ring (bicyclic) bond motifs is 1. The first-order valence-corrected chi connectivity index (χ1v) is 20.7. The van der Waals surface area contributed by atoms with E-state index in [1.54, 1.807) is 6.07 Å². The summed E-state index contributed by atoms with van der Waals surface area (Å²) in [6, 6.07) is 5.51. The summed E-state index contributed by atoms with van der Waals surface area (Å²) in [7, 11) is -2.17. The molecule has 0 radical (unpaired) electrons. The lowest BCUT2D eigenvalue weighted by Crippen LogP contribution is -2.46. The number of amides is 1. The average molecular weight is 738 g/mol. The Kier molecular flexibility index (Phi) is 11.0. The number of nitrogens with one attached hydrogen (secondary N) is 2. The summed E-state index contributed by atoms with van der Waals surface area (Å²) in [6.07, 6.45) is -0.192. The van der Waals surface area contributed by atoms with Gasteiger partial charge in [-0.25, -0.2) is 14.8 Å². The number of halogens is 1. The second kappa shape index (κ2) is 14.6. The second-order valence-corrected chi connectivity index (χ2v) is 21.0. The maximum Gasteiger partial charge on any atom is 0.407 e. The zero-order valence-electron chi connectivity index (χ0n) is 32.0. The summed E-state index contributed by atoms with van der Waals surface area (Å²) >= 11 is 6.88. The topological polar surface area (TPSA) is 141 Å². The van der Waals surface area contributed by atoms with Crippen LogP contribution in [-0.2, 0) is 22.3 Å². The fourth-order valence-electron chi connectivity index (χ4n) is 5.80. The molecular formula is C37H52ClN7O5Si. The number of aromatic nitrogens is 5. The van der Waals surface area contributed by atoms with Crippen molar-refractivity contribution in [2.75, 3.05) is 18.1 Å². The van der Waals surface area contributed by atoms with E-state index in [2.05, 4.69) is 59.4 Å². The van der Waals surface area contributed by atoms with Gasteiger partial charge in [0.05, 0.1) is 46.0 Å². The molecule has 1 aliphatic rings. The van der Waals surface area contributed by atoms with E-state index >= 15 is 0 Å². The van der Waals surface area contributed by atoms with Crippen LogP contribution < -0.4 is 15.0 Å². The fraction of sp³-hybridized carbons (Fsp3) is 0.541. The normalized spacial score (nSPS) is 14.1. The number of carbonyl (C=O) groups excluding carboxylic acids is 1. The molecule has 0 saturated carbocycles. The van der Waals surface area contributed by atoms with Gasteiger partial charge in [0.1, 0.15) is 29.5 Å². The van der Waals surface area contributed by atoms with Gasteiger partial charge in [-0.15, -0.1) is 0 Å². The Bertz CT molecular complexity index is 1870. The lowest BCUT2D eigenvalue weighted by molar-refractivity contribution is 0.0511. The van der Waals surface area contributed by atoms with Crippen molar-refractivity contribution in [2.24, 2.45) is 0 Å². The number of aromatic amines is 1. The molecule has 1 aromatic carbocycles. The number of aryl methyl sites for hydroxylation is 3. The van der Waals surface area contributed by atoms with Crippen LogP contribution >= 0.6 is 11.6 Å². The van der Waals surface area contributed by atoms with Crippen molar-refractivity contribution in [2.45, 2.75) is 119 Å². The maximum absolute atomic E-state index is 12.4. The van der Waals surface area contributed by atoms with Crippen molar-refractivity contribution in [3.05, 3.63) is 57.2 Å². The maximum atomic E-state index is 12.4. The van der Waals surface area contributed by atoms with Crippen molar-refractivity contribution in [3.8, 4) is 28.4 Å². The molecule has 276 valence electrons. The first-order valence-electron chi connectivity index (χ1n) is 17.4. The van der Waals surface area contributed by atoms with Gasteiger partial charge < -0.3 is 28.6 Å². The minimum atomic E-state index is -2.17. The standard InChI is InChI=1S/C37H52ClN7O5Si/c1-21-32(31-23(3)44-49-24(31)4)40-33(41-34(21)45-18-28-22(2)42-43-30(28)19-45)27-17-25(13-14-29(27)38)47-20-26(50-51(11,12)37(8,9)10)15-16-39-35(46)48-36(5,6)7/h13-14,17,26H,15-16,18-20H2,1-12H3,(H,39,46)(H,42,43). The van der Waals surface area contributed by atoms with Crippen molar-refractivity contribution < 1.29 is 23.2 Å². The van der Waals surface area contributed by atoms with Gasteiger partial charge >= 0.3 is 6.09 Å². The Morgan fingerprint density at radius 1 is 1.08 bits per heavy atom. The smallest absolute Gasteiger partial charge is 0.407 e. The van der Waals surface area contributed by atoms with E-state index in [0.717, 1.165) is 39.7 Å². The highest BCUT2D eigenvalue weighted by atomic mass is 35.5. The number of benzene rings is 1. The van der Waals surface area contributed by atoms with Crippen LogP contribution in [0.1, 0.15) is 81.9 Å². The van der Waals surface area contributed by atoms with Gasteiger partial charge in [-0.1, -0.05) is 37.5 Å². The van der Waals surface area contributed by atoms with E-state index in [1.807, 2.05) is 60.6 Å². The van der Waals surface area contributed by atoms with Crippen LogP contribution in [-0.4, -0.2) is 64.6 Å². The molecule has 0 aliphatic carbocycles. The number of rotatable bonds is 11. The second-order valence-electron chi connectivity index (χ2n) is 15.8. The van der Waals surface area contributed by atoms with E-state index in [1.165, 1.54) is 5.56 Å². The fourth-order valence-corrected chi connectivity index (χ4v) is 7.38. The van der Waals surface area contributed by atoms with Crippen molar-refractivity contribution in [3.63, 3.8) is 0 Å². The first kappa shape index (κ1) is 38.3. The van der Waals surface area contributed by atoms with Gasteiger partial charge in [0, 0.05) is 29.8 Å². The third-order valence-electron chi connectivity index (χ3n) is 9.56. The van der Waals surface area contributed by atoms with Gasteiger partial charge in [0.25, 0.3) is 0 Å². The molecule has 1 atom stereocenters. The van der Waals surface area contributed by atoms with E-state index in [9.17, 15) is 4.79 Å². The number of anilines is 1. The lowest BCUT2D eigenvalue weighted by Gasteiger charge is -2.39. The number of hydrogen-bond donors (Lipinski definition) is 2. The van der Waals surface area contributed by atoms with E-state index < -0.39 is 20.0 Å². The van der Waals surface area contributed by atoms with E-state index in [4.69, 9.17) is 40.0 Å². The number of nitrogens with zero attached hydrogens (tertiary/aromatic N) is 5. The van der Waals surface area contributed by atoms with Crippen LogP contribution in [0.15, 0.2) is 22.7 Å². The SMILES string of the molecule is Cc1n[nH]c2c1CN(c1nc(-c3cc(OCC(CCNC(=O)OC(C)(C)C)O[Si](C)(C)C(C)(C)C)ccc3Cl)nc(-c3c(C)noc3C)c1C)C2. The summed E-state index contributed by atoms with van der Waals surface area (Å²) < 4.78 is 24.2. The third-order valence-corrected chi connectivity index (χ3v) is 14.4. The molecule has 0 fully saturated rings. The van der Waals surface area contributed by atoms with Crippen molar-refractivity contribution >= 4 is 31.8 Å². The minimum absolute atomic E-state index is 0.0107. The quantitative estimate of drug-likeness (QED) is 0.144. The van der Waals surface area contributed by atoms with Crippen LogP contribution in [0, 0.1) is 27.7 Å². The largest absolute Gasteiger partial charge is 0.491 e. The van der Waals surface area contributed by atoms with Gasteiger partial charge in [0.2, 0.25) is 0 Å². The van der Waals surface area contributed by atoms with Gasteiger partial charge in [0.15, 0.2) is 14.1 Å². The number of carbonyl (C=O) groups is 1. The number of H-pyrrole nitrogens is 1. The first-order chi connectivity index (χ1) is 23.7. The molecule has 12 nitrogen and oxygen atoms in total. The van der Waals surface area contributed by atoms with Crippen LogP contribution in [0.4, 0.5) is 10.6 Å². The van der Waals surface area contributed by atoms with Crippen LogP contribution in [0.2, 0.25) is 23.2 Å². The average Bonchev–Trinajstić information content (AvgIpc) is 3.70. The molecular weight excluding hydrogens is 686 g/mol. The summed E-state index contributed by atoms with van der Waals surface area (Å²) in [5.41, 5.74) is 6.52. The predicted molar refractivity (Wildman–Crippen MR) is 202 cm³/mol. The number of alkyl carbamates (subject to hydrolysis) is 1. The molecule has 14 heteroatoms. The van der Waals surface area contributed by atoms with E-state index in [-0.39, 0.29) is 17.7 Å².